The van der Waals surface area contributed by atoms with Gasteiger partial charge < -0.3 is 0 Å². The van der Waals surface area contributed by atoms with Gasteiger partial charge in [-0.15, -0.1) is 0 Å². The predicted octanol–water partition coefficient (Wildman–Crippen LogP) is 3.48. The van der Waals surface area contributed by atoms with Gasteiger partial charge in [-0.3, -0.25) is 14.6 Å². The number of Topliss-reactive ketones (excluding diaryl/α,β-unsaturated/α-hetero) is 1. The fourth-order valence-electron chi connectivity index (χ4n) is 4.60. The van der Waals surface area contributed by atoms with Gasteiger partial charge >= 0.3 is 0 Å². The number of likely N-dealkylation sites (tertiary alicyclic amines) is 2. The molecule has 3 nitrogen and oxygen atoms in total. The molecule has 2 fully saturated rings. The molecule has 1 atom stereocenters. The Morgan fingerprint density at radius 2 is 1.83 bits per heavy atom. The normalized spacial score (nSPS) is 22.9. The van der Waals surface area contributed by atoms with E-state index in [4.69, 9.17) is 0 Å². The van der Waals surface area contributed by atoms with E-state index in [1.807, 2.05) is 0 Å². The molecule has 3 rings (SSSR count). The van der Waals surface area contributed by atoms with E-state index in [9.17, 15) is 4.79 Å². The van der Waals surface area contributed by atoms with Crippen LogP contribution in [0.2, 0.25) is 0 Å². The maximum atomic E-state index is 12.0. The molecule has 0 aliphatic carbocycles. The quantitative estimate of drug-likeness (QED) is 0.795. The summed E-state index contributed by atoms with van der Waals surface area (Å²) in [6.07, 6.45) is 4.03. The van der Waals surface area contributed by atoms with E-state index in [-0.39, 0.29) is 5.78 Å². The number of rotatable bonds is 4. The molecular weight excluding hydrogens is 284 g/mol. The maximum absolute atomic E-state index is 12.0. The Morgan fingerprint density at radius 3 is 2.48 bits per heavy atom. The zero-order valence-electron chi connectivity index (χ0n) is 15.1. The molecule has 0 amide bonds. The molecule has 0 spiro atoms. The second-order valence-corrected chi connectivity index (χ2v) is 7.47. The van der Waals surface area contributed by atoms with Crippen LogP contribution in [0.5, 0.6) is 0 Å². The van der Waals surface area contributed by atoms with Crippen molar-refractivity contribution in [3.63, 3.8) is 0 Å². The van der Waals surface area contributed by atoms with Gasteiger partial charge in [-0.2, -0.15) is 0 Å². The van der Waals surface area contributed by atoms with Crippen molar-refractivity contribution in [3.05, 3.63) is 33.9 Å². The summed E-state index contributed by atoms with van der Waals surface area (Å²) in [6.45, 7) is 14.0. The van der Waals surface area contributed by atoms with Crippen molar-refractivity contribution < 1.29 is 4.79 Å². The van der Waals surface area contributed by atoms with Crippen LogP contribution in [0, 0.1) is 20.8 Å². The third-order valence-electron chi connectivity index (χ3n) is 5.77. The summed E-state index contributed by atoms with van der Waals surface area (Å²) in [5, 5.41) is 0. The Morgan fingerprint density at radius 1 is 1.13 bits per heavy atom. The average Bonchev–Trinajstić information content (AvgIpc) is 3.13. The highest BCUT2D eigenvalue weighted by atomic mass is 16.1. The second-order valence-electron chi connectivity index (χ2n) is 7.47. The van der Waals surface area contributed by atoms with Crippen LogP contribution in [0.15, 0.2) is 6.07 Å². The monoisotopic (exact) mass is 314 g/mol. The van der Waals surface area contributed by atoms with Crippen LogP contribution >= 0.6 is 0 Å². The van der Waals surface area contributed by atoms with Gasteiger partial charge in [0.2, 0.25) is 0 Å². The lowest BCUT2D eigenvalue weighted by molar-refractivity contribution is 0.101. The minimum atomic E-state index is 0.192. The molecule has 2 aliphatic rings. The molecule has 2 aliphatic heterocycles. The van der Waals surface area contributed by atoms with Gasteiger partial charge in [0.1, 0.15) is 0 Å². The molecule has 2 saturated heterocycles. The standard InChI is InChI=1S/C20H30N2O/c1-14-11-15(2)20(17(4)23)16(3)19(14)13-21-10-7-18(12-21)22-8-5-6-9-22/h11,18H,5-10,12-13H2,1-4H3/t18-/m0/s1. The number of carbonyl (C=O) groups is 1. The minimum Gasteiger partial charge on any atom is -0.299 e. The molecule has 2 heterocycles. The minimum absolute atomic E-state index is 0.192. The molecule has 0 unspecified atom stereocenters. The zero-order chi connectivity index (χ0) is 16.6. The predicted molar refractivity (Wildman–Crippen MR) is 95.1 cm³/mol. The van der Waals surface area contributed by atoms with Crippen molar-refractivity contribution >= 4 is 5.78 Å². The molecule has 1 aromatic carbocycles. The van der Waals surface area contributed by atoms with Gasteiger partial charge in [-0.1, -0.05) is 6.07 Å². The number of hydrogen-bond donors (Lipinski definition) is 0. The maximum Gasteiger partial charge on any atom is 0.160 e. The fourth-order valence-corrected chi connectivity index (χ4v) is 4.60. The largest absolute Gasteiger partial charge is 0.299 e. The highest BCUT2D eigenvalue weighted by molar-refractivity contribution is 5.97. The van der Waals surface area contributed by atoms with E-state index in [1.54, 1.807) is 6.92 Å². The Balaban J connectivity index is 1.75. The number of aryl methyl sites for hydroxylation is 2. The molecule has 1 aromatic rings. The van der Waals surface area contributed by atoms with Crippen molar-refractivity contribution in [2.24, 2.45) is 0 Å². The third-order valence-corrected chi connectivity index (χ3v) is 5.77. The van der Waals surface area contributed by atoms with Gasteiger partial charge in [0.25, 0.3) is 0 Å². The van der Waals surface area contributed by atoms with Gasteiger partial charge in [0.05, 0.1) is 0 Å². The van der Waals surface area contributed by atoms with E-state index in [0.717, 1.165) is 23.7 Å². The number of nitrogens with zero attached hydrogens (tertiary/aromatic N) is 2. The summed E-state index contributed by atoms with van der Waals surface area (Å²) in [5.74, 6) is 0.192. The van der Waals surface area contributed by atoms with Crippen LogP contribution in [-0.2, 0) is 6.54 Å². The lowest BCUT2D eigenvalue weighted by Gasteiger charge is -2.25. The molecule has 23 heavy (non-hydrogen) atoms. The first-order valence-corrected chi connectivity index (χ1v) is 9.04. The number of carbonyl (C=O) groups excluding carboxylic acids is 1. The zero-order valence-corrected chi connectivity index (χ0v) is 15.1. The summed E-state index contributed by atoms with van der Waals surface area (Å²) >= 11 is 0. The van der Waals surface area contributed by atoms with Gasteiger partial charge in [-0.25, -0.2) is 0 Å². The smallest absolute Gasteiger partial charge is 0.160 e. The van der Waals surface area contributed by atoms with Crippen LogP contribution in [0.1, 0.15) is 58.8 Å². The third kappa shape index (κ3) is 3.36. The lowest BCUT2D eigenvalue weighted by Crippen LogP contribution is -2.35. The van der Waals surface area contributed by atoms with Crippen LogP contribution in [-0.4, -0.2) is 47.8 Å². The number of ketones is 1. The summed E-state index contributed by atoms with van der Waals surface area (Å²) in [6, 6.07) is 2.93. The Hall–Kier alpha value is -1.19. The van der Waals surface area contributed by atoms with E-state index < -0.39 is 0 Å². The molecule has 0 aromatic heterocycles. The molecular formula is C20H30N2O. The first-order chi connectivity index (χ1) is 11.0. The Kier molecular flexibility index (Phi) is 4.88. The van der Waals surface area contributed by atoms with Gasteiger partial charge in [0, 0.05) is 31.2 Å². The topological polar surface area (TPSA) is 23.6 Å². The van der Waals surface area contributed by atoms with Gasteiger partial charge in [-0.05, 0) is 82.3 Å². The number of hydrogen-bond acceptors (Lipinski definition) is 3. The van der Waals surface area contributed by atoms with Crippen LogP contribution < -0.4 is 0 Å². The van der Waals surface area contributed by atoms with Crippen molar-refractivity contribution in [1.82, 2.24) is 9.80 Å². The average molecular weight is 314 g/mol. The van der Waals surface area contributed by atoms with Crippen LogP contribution in [0.3, 0.4) is 0 Å². The van der Waals surface area contributed by atoms with Crippen molar-refractivity contribution in [3.8, 4) is 0 Å². The highest BCUT2D eigenvalue weighted by Crippen LogP contribution is 2.27. The molecule has 126 valence electrons. The summed E-state index contributed by atoms with van der Waals surface area (Å²) in [5.41, 5.74) is 5.94. The van der Waals surface area contributed by atoms with Gasteiger partial charge in [0.15, 0.2) is 5.78 Å². The fraction of sp³-hybridized carbons (Fsp3) is 0.650. The van der Waals surface area contributed by atoms with E-state index in [2.05, 4.69) is 36.6 Å². The molecule has 0 bridgehead atoms. The lowest BCUT2D eigenvalue weighted by atomic mass is 9.91. The summed E-state index contributed by atoms with van der Waals surface area (Å²) in [4.78, 5) is 17.3. The second kappa shape index (κ2) is 6.74. The first-order valence-electron chi connectivity index (χ1n) is 9.04. The van der Waals surface area contributed by atoms with Crippen molar-refractivity contribution in [1.29, 1.82) is 0 Å². The molecule has 0 N–H and O–H groups in total. The highest BCUT2D eigenvalue weighted by Gasteiger charge is 2.29. The van der Waals surface area contributed by atoms with E-state index in [0.29, 0.717) is 0 Å². The SMILES string of the molecule is CC(=O)c1c(C)cc(C)c(CN2CC[C@H](N3CCCC3)C2)c1C. The number of benzene rings is 1. The first kappa shape index (κ1) is 16.7. The van der Waals surface area contributed by atoms with Crippen molar-refractivity contribution in [2.75, 3.05) is 26.2 Å². The molecule has 0 radical (unpaired) electrons. The van der Waals surface area contributed by atoms with E-state index in [1.165, 1.54) is 62.1 Å². The summed E-state index contributed by atoms with van der Waals surface area (Å²) < 4.78 is 0. The summed E-state index contributed by atoms with van der Waals surface area (Å²) in [7, 11) is 0. The Labute approximate surface area is 140 Å². The van der Waals surface area contributed by atoms with Crippen molar-refractivity contribution in [2.45, 2.75) is 59.5 Å². The molecule has 0 saturated carbocycles. The van der Waals surface area contributed by atoms with E-state index >= 15 is 0 Å². The van der Waals surface area contributed by atoms with Crippen LogP contribution in [0.4, 0.5) is 0 Å². The Bertz CT molecular complexity index is 602. The molecule has 3 heteroatoms. The van der Waals surface area contributed by atoms with Crippen LogP contribution in [0.25, 0.3) is 0 Å².